The van der Waals surface area contributed by atoms with Crippen molar-refractivity contribution in [2.75, 3.05) is 36.4 Å². The summed E-state index contributed by atoms with van der Waals surface area (Å²) in [5.41, 5.74) is 2.17. The molecule has 0 aliphatic carbocycles. The van der Waals surface area contributed by atoms with Crippen LogP contribution in [0.2, 0.25) is 5.02 Å². The number of hydrogen-bond donors (Lipinski definition) is 1. The molecule has 0 spiro atoms. The normalized spacial score (nSPS) is 14.3. The molecule has 1 aliphatic heterocycles. The van der Waals surface area contributed by atoms with Crippen LogP contribution < -0.4 is 10.2 Å². The fraction of sp³-hybridized carbons (Fsp3) is 0.316. The monoisotopic (exact) mass is 372 g/mol. The number of aromatic nitrogens is 1. The van der Waals surface area contributed by atoms with Gasteiger partial charge in [0, 0.05) is 55.6 Å². The fourth-order valence-corrected chi connectivity index (χ4v) is 3.17. The fourth-order valence-electron chi connectivity index (χ4n) is 2.94. The first kappa shape index (κ1) is 18.2. The number of halogens is 1. The number of nitrogens with zero attached hydrogens (tertiary/aromatic N) is 3. The van der Waals surface area contributed by atoms with Gasteiger partial charge in [0.1, 0.15) is 5.82 Å². The summed E-state index contributed by atoms with van der Waals surface area (Å²) in [6, 6.07) is 8.82. The number of anilines is 2. The summed E-state index contributed by atoms with van der Waals surface area (Å²) < 4.78 is 0. The van der Waals surface area contributed by atoms with Gasteiger partial charge in [-0.2, -0.15) is 0 Å². The van der Waals surface area contributed by atoms with Crippen molar-refractivity contribution < 1.29 is 9.59 Å². The van der Waals surface area contributed by atoms with Crippen LogP contribution in [0.5, 0.6) is 0 Å². The molecule has 2 heterocycles. The number of carbonyl (C=O) groups is 2. The Balaban J connectivity index is 1.71. The first-order chi connectivity index (χ1) is 12.4. The minimum atomic E-state index is -0.193. The minimum Gasteiger partial charge on any atom is -0.353 e. The molecule has 0 unspecified atom stereocenters. The lowest BCUT2D eigenvalue weighted by molar-refractivity contribution is -0.129. The number of amides is 2. The molecule has 1 aliphatic rings. The molecule has 6 nitrogen and oxygen atoms in total. The third-order valence-corrected chi connectivity index (χ3v) is 4.73. The highest BCUT2D eigenvalue weighted by Crippen LogP contribution is 2.21. The second-order valence-corrected chi connectivity index (χ2v) is 6.75. The Morgan fingerprint density at radius 2 is 1.85 bits per heavy atom. The molecule has 1 N–H and O–H groups in total. The van der Waals surface area contributed by atoms with E-state index in [4.69, 9.17) is 11.6 Å². The van der Waals surface area contributed by atoms with Gasteiger partial charge in [-0.3, -0.25) is 9.59 Å². The SMILES string of the molecule is CC(=O)N1CCN(c2cc(C(=O)Nc3ccc(Cl)cc3C)ccn2)CC1. The van der Waals surface area contributed by atoms with Gasteiger partial charge < -0.3 is 15.1 Å². The molecule has 0 saturated carbocycles. The number of rotatable bonds is 3. The van der Waals surface area contributed by atoms with Gasteiger partial charge in [-0.15, -0.1) is 0 Å². The van der Waals surface area contributed by atoms with Crippen molar-refractivity contribution in [3.63, 3.8) is 0 Å². The first-order valence-corrected chi connectivity index (χ1v) is 8.86. The number of hydrogen-bond acceptors (Lipinski definition) is 4. The van der Waals surface area contributed by atoms with Crippen LogP contribution in [0.15, 0.2) is 36.5 Å². The Bertz CT molecular complexity index is 832. The largest absolute Gasteiger partial charge is 0.353 e. The predicted octanol–water partition coefficient (Wildman–Crippen LogP) is 2.96. The van der Waals surface area contributed by atoms with Crippen molar-refractivity contribution in [2.24, 2.45) is 0 Å². The summed E-state index contributed by atoms with van der Waals surface area (Å²) in [6.07, 6.45) is 1.64. The smallest absolute Gasteiger partial charge is 0.255 e. The molecule has 136 valence electrons. The maximum atomic E-state index is 12.6. The Morgan fingerprint density at radius 1 is 1.12 bits per heavy atom. The van der Waals surface area contributed by atoms with Crippen LogP contribution >= 0.6 is 11.6 Å². The van der Waals surface area contributed by atoms with Crippen LogP contribution in [-0.4, -0.2) is 47.9 Å². The zero-order valence-electron chi connectivity index (χ0n) is 14.8. The highest BCUT2D eigenvalue weighted by Gasteiger charge is 2.20. The summed E-state index contributed by atoms with van der Waals surface area (Å²) in [6.45, 7) is 6.21. The third-order valence-electron chi connectivity index (χ3n) is 4.49. The second kappa shape index (κ2) is 7.74. The Hall–Kier alpha value is -2.60. The summed E-state index contributed by atoms with van der Waals surface area (Å²) in [4.78, 5) is 32.3. The number of benzene rings is 1. The molecule has 1 aromatic carbocycles. The van der Waals surface area contributed by atoms with Crippen molar-refractivity contribution in [3.05, 3.63) is 52.7 Å². The van der Waals surface area contributed by atoms with Gasteiger partial charge >= 0.3 is 0 Å². The standard InChI is InChI=1S/C19H21ClN4O2/c1-13-11-16(20)3-4-17(13)22-19(26)15-5-6-21-18(12-15)24-9-7-23(8-10-24)14(2)25/h3-6,11-12H,7-10H2,1-2H3,(H,22,26). The summed E-state index contributed by atoms with van der Waals surface area (Å²) in [5.74, 6) is 0.638. The quantitative estimate of drug-likeness (QED) is 0.899. The topological polar surface area (TPSA) is 65.5 Å². The molecule has 0 atom stereocenters. The van der Waals surface area contributed by atoms with Crippen LogP contribution in [0.25, 0.3) is 0 Å². The number of aryl methyl sites for hydroxylation is 1. The zero-order chi connectivity index (χ0) is 18.7. The van der Waals surface area contributed by atoms with Crippen molar-refractivity contribution in [2.45, 2.75) is 13.8 Å². The third kappa shape index (κ3) is 4.14. The van der Waals surface area contributed by atoms with Gasteiger partial charge in [0.2, 0.25) is 5.91 Å². The molecule has 7 heteroatoms. The molecule has 1 saturated heterocycles. The Kier molecular flexibility index (Phi) is 5.42. The average molecular weight is 373 g/mol. The molecular formula is C19H21ClN4O2. The summed E-state index contributed by atoms with van der Waals surface area (Å²) >= 11 is 5.96. The van der Waals surface area contributed by atoms with Crippen LogP contribution in [0.3, 0.4) is 0 Å². The van der Waals surface area contributed by atoms with E-state index < -0.39 is 0 Å². The lowest BCUT2D eigenvalue weighted by Crippen LogP contribution is -2.48. The molecule has 0 radical (unpaired) electrons. The minimum absolute atomic E-state index is 0.0871. The van der Waals surface area contributed by atoms with E-state index in [0.29, 0.717) is 36.8 Å². The summed E-state index contributed by atoms with van der Waals surface area (Å²) in [5, 5.41) is 3.54. The molecule has 2 aromatic rings. The van der Waals surface area contributed by atoms with Gasteiger partial charge in [-0.05, 0) is 42.8 Å². The predicted molar refractivity (Wildman–Crippen MR) is 103 cm³/mol. The Labute approximate surface area is 157 Å². The van der Waals surface area contributed by atoms with E-state index in [0.717, 1.165) is 17.1 Å². The van der Waals surface area contributed by atoms with Gasteiger partial charge in [-0.25, -0.2) is 4.98 Å². The zero-order valence-corrected chi connectivity index (χ0v) is 15.6. The molecule has 0 bridgehead atoms. The van der Waals surface area contributed by atoms with Crippen molar-refractivity contribution in [1.82, 2.24) is 9.88 Å². The molecule has 3 rings (SSSR count). The van der Waals surface area contributed by atoms with E-state index in [-0.39, 0.29) is 11.8 Å². The average Bonchev–Trinajstić information content (AvgIpc) is 2.64. The highest BCUT2D eigenvalue weighted by molar-refractivity contribution is 6.30. The van der Waals surface area contributed by atoms with Gasteiger partial charge in [-0.1, -0.05) is 11.6 Å². The van der Waals surface area contributed by atoms with Crippen molar-refractivity contribution in [3.8, 4) is 0 Å². The van der Waals surface area contributed by atoms with Crippen LogP contribution in [0.4, 0.5) is 11.5 Å². The van der Waals surface area contributed by atoms with E-state index in [1.165, 1.54) is 0 Å². The van der Waals surface area contributed by atoms with Crippen LogP contribution in [0.1, 0.15) is 22.8 Å². The molecular weight excluding hydrogens is 352 g/mol. The van der Waals surface area contributed by atoms with Crippen molar-refractivity contribution >= 4 is 34.9 Å². The molecule has 2 amide bonds. The second-order valence-electron chi connectivity index (χ2n) is 6.31. The number of pyridine rings is 1. The number of carbonyl (C=O) groups excluding carboxylic acids is 2. The van der Waals surface area contributed by atoms with Gasteiger partial charge in [0.05, 0.1) is 0 Å². The number of nitrogens with one attached hydrogen (secondary N) is 1. The van der Waals surface area contributed by atoms with Gasteiger partial charge in [0.25, 0.3) is 5.91 Å². The number of piperazine rings is 1. The van der Waals surface area contributed by atoms with Crippen LogP contribution in [0, 0.1) is 6.92 Å². The van der Waals surface area contributed by atoms with E-state index in [9.17, 15) is 9.59 Å². The van der Waals surface area contributed by atoms with E-state index in [2.05, 4.69) is 15.2 Å². The first-order valence-electron chi connectivity index (χ1n) is 8.48. The van der Waals surface area contributed by atoms with E-state index in [1.54, 1.807) is 37.4 Å². The van der Waals surface area contributed by atoms with E-state index in [1.807, 2.05) is 17.9 Å². The highest BCUT2D eigenvalue weighted by atomic mass is 35.5. The lowest BCUT2D eigenvalue weighted by atomic mass is 10.1. The van der Waals surface area contributed by atoms with Gasteiger partial charge in [0.15, 0.2) is 0 Å². The summed E-state index contributed by atoms with van der Waals surface area (Å²) in [7, 11) is 0. The maximum absolute atomic E-state index is 12.6. The van der Waals surface area contributed by atoms with E-state index >= 15 is 0 Å². The molecule has 1 fully saturated rings. The van der Waals surface area contributed by atoms with Crippen molar-refractivity contribution in [1.29, 1.82) is 0 Å². The molecule has 1 aromatic heterocycles. The Morgan fingerprint density at radius 3 is 2.50 bits per heavy atom. The van der Waals surface area contributed by atoms with Crippen LogP contribution in [-0.2, 0) is 4.79 Å². The lowest BCUT2D eigenvalue weighted by Gasteiger charge is -2.35. The maximum Gasteiger partial charge on any atom is 0.255 e. The molecule has 26 heavy (non-hydrogen) atoms.